The maximum Gasteiger partial charge on any atom is 0.244 e. The number of aromatic nitrogens is 1. The fourth-order valence-corrected chi connectivity index (χ4v) is 2.75. The molecule has 0 saturated carbocycles. The lowest BCUT2D eigenvalue weighted by Crippen LogP contribution is -2.36. The first-order valence-electron chi connectivity index (χ1n) is 5.09. The van der Waals surface area contributed by atoms with Crippen molar-refractivity contribution in [3.05, 3.63) is 18.3 Å². The molecule has 0 aliphatic rings. The summed E-state index contributed by atoms with van der Waals surface area (Å²) in [5, 5.41) is 0. The van der Waals surface area contributed by atoms with Gasteiger partial charge in [-0.1, -0.05) is 0 Å². The fraction of sp³-hybridized carbons (Fsp3) is 0.333. The molecule has 6 N–H and O–H groups in total. The molecule has 1 heterocycles. The molecule has 8 nitrogen and oxygen atoms in total. The molecule has 1 atom stereocenters. The molecule has 0 fully saturated rings. The zero-order valence-electron chi connectivity index (χ0n) is 9.75. The fourth-order valence-electron chi connectivity index (χ4n) is 1.39. The Hall–Kier alpha value is -1.71. The Balaban J connectivity index is 2.96. The smallest absolute Gasteiger partial charge is 0.244 e. The molecule has 0 aliphatic carbocycles. The molecule has 1 unspecified atom stereocenters. The molecule has 0 radical (unpaired) electrons. The zero-order valence-corrected chi connectivity index (χ0v) is 10.6. The van der Waals surface area contributed by atoms with E-state index >= 15 is 0 Å². The second kappa shape index (κ2) is 5.76. The van der Waals surface area contributed by atoms with Crippen molar-refractivity contribution in [1.29, 1.82) is 0 Å². The summed E-state index contributed by atoms with van der Waals surface area (Å²) in [5.41, 5.74) is 7.18. The highest BCUT2D eigenvalue weighted by Crippen LogP contribution is 2.17. The van der Waals surface area contributed by atoms with Gasteiger partial charge in [-0.25, -0.2) is 24.0 Å². The first kappa shape index (κ1) is 14.4. The number of nitrogens with zero attached hydrogens (tertiary/aromatic N) is 1. The monoisotopic (exact) mass is 273 g/mol. The lowest BCUT2D eigenvalue weighted by Gasteiger charge is -2.14. The summed E-state index contributed by atoms with van der Waals surface area (Å²) in [5.74, 6) is 4.62. The Morgan fingerprint density at radius 1 is 1.56 bits per heavy atom. The summed E-state index contributed by atoms with van der Waals surface area (Å²) in [6.45, 7) is 1.54. The van der Waals surface area contributed by atoms with Gasteiger partial charge in [-0.15, -0.1) is 0 Å². The van der Waals surface area contributed by atoms with Gasteiger partial charge in [-0.2, -0.15) is 0 Å². The number of pyridine rings is 1. The van der Waals surface area contributed by atoms with Crippen LogP contribution in [0.5, 0.6) is 0 Å². The molecule has 0 spiro atoms. The molecule has 0 aromatic carbocycles. The Kier molecular flexibility index (Phi) is 4.59. The number of hydrazine groups is 1. The molecule has 9 heteroatoms. The standard InChI is InChI=1S/C9H15N5O3S/c1-6(5-8(10)15)14-18(16,17)7-3-2-4-12-9(7)13-11/h2-4,6,14H,5,11H2,1H3,(H2,10,15)(H,12,13). The number of carbonyl (C=O) groups is 1. The van der Waals surface area contributed by atoms with Crippen molar-refractivity contribution in [3.8, 4) is 0 Å². The minimum absolute atomic E-state index is 0.0243. The number of hydrogen-bond acceptors (Lipinski definition) is 6. The highest BCUT2D eigenvalue weighted by molar-refractivity contribution is 7.89. The third kappa shape index (κ3) is 3.65. The van der Waals surface area contributed by atoms with E-state index in [0.29, 0.717) is 0 Å². The average Bonchev–Trinajstić information content (AvgIpc) is 2.27. The lowest BCUT2D eigenvalue weighted by atomic mass is 10.2. The maximum absolute atomic E-state index is 12.0. The van der Waals surface area contributed by atoms with Crippen LogP contribution in [0, 0.1) is 0 Å². The predicted molar refractivity (Wildman–Crippen MR) is 65.6 cm³/mol. The first-order chi connectivity index (χ1) is 8.36. The summed E-state index contributed by atoms with van der Waals surface area (Å²) >= 11 is 0. The summed E-state index contributed by atoms with van der Waals surface area (Å²) < 4.78 is 26.3. The largest absolute Gasteiger partial charge is 0.370 e. The van der Waals surface area contributed by atoms with Crippen molar-refractivity contribution in [2.75, 3.05) is 5.43 Å². The number of nitrogens with two attached hydrogens (primary N) is 2. The summed E-state index contributed by atoms with van der Waals surface area (Å²) in [6, 6.07) is 2.20. The van der Waals surface area contributed by atoms with Crippen molar-refractivity contribution >= 4 is 21.7 Å². The van der Waals surface area contributed by atoms with Crippen LogP contribution in [-0.4, -0.2) is 25.4 Å². The molecule has 0 aliphatic heterocycles. The van der Waals surface area contributed by atoms with Crippen LogP contribution in [0.4, 0.5) is 5.82 Å². The van der Waals surface area contributed by atoms with Gasteiger partial charge in [0.15, 0.2) is 5.82 Å². The van der Waals surface area contributed by atoms with Gasteiger partial charge in [0.1, 0.15) is 4.90 Å². The SMILES string of the molecule is CC(CC(N)=O)NS(=O)(=O)c1cccnc1NN. The van der Waals surface area contributed by atoms with E-state index in [1.165, 1.54) is 25.3 Å². The maximum atomic E-state index is 12.0. The van der Waals surface area contributed by atoms with E-state index in [9.17, 15) is 13.2 Å². The van der Waals surface area contributed by atoms with Crippen LogP contribution in [0.3, 0.4) is 0 Å². The number of rotatable bonds is 6. The van der Waals surface area contributed by atoms with Crippen LogP contribution in [0.25, 0.3) is 0 Å². The summed E-state index contributed by atoms with van der Waals surface area (Å²) in [4.78, 5) is 14.4. The molecule has 1 aromatic rings. The Labute approximate surface area is 105 Å². The van der Waals surface area contributed by atoms with E-state index in [-0.39, 0.29) is 17.1 Å². The molecule has 0 saturated heterocycles. The number of sulfonamides is 1. The van der Waals surface area contributed by atoms with Gasteiger partial charge in [-0.05, 0) is 19.1 Å². The van der Waals surface area contributed by atoms with Crippen LogP contribution in [0.15, 0.2) is 23.2 Å². The summed E-state index contributed by atoms with van der Waals surface area (Å²) in [7, 11) is -3.81. The van der Waals surface area contributed by atoms with Gasteiger partial charge in [-0.3, -0.25) is 4.79 Å². The van der Waals surface area contributed by atoms with Gasteiger partial charge < -0.3 is 11.2 Å². The number of amides is 1. The molecule has 1 amide bonds. The average molecular weight is 273 g/mol. The second-order valence-electron chi connectivity index (χ2n) is 3.69. The first-order valence-corrected chi connectivity index (χ1v) is 6.57. The van der Waals surface area contributed by atoms with E-state index < -0.39 is 22.0 Å². The molecule has 1 rings (SSSR count). The quantitative estimate of drug-likeness (QED) is 0.383. The van der Waals surface area contributed by atoms with Gasteiger partial charge in [0.05, 0.1) is 0 Å². The van der Waals surface area contributed by atoms with Crippen LogP contribution >= 0.6 is 0 Å². The van der Waals surface area contributed by atoms with Crippen molar-refractivity contribution < 1.29 is 13.2 Å². The number of nitrogen functional groups attached to an aromatic ring is 1. The van der Waals surface area contributed by atoms with E-state index in [1.54, 1.807) is 0 Å². The van der Waals surface area contributed by atoms with E-state index in [1.807, 2.05) is 0 Å². The number of anilines is 1. The Morgan fingerprint density at radius 3 is 2.78 bits per heavy atom. The highest BCUT2D eigenvalue weighted by Gasteiger charge is 2.21. The number of primary amides is 1. The molecule has 18 heavy (non-hydrogen) atoms. The van der Waals surface area contributed by atoms with Gasteiger partial charge in [0.2, 0.25) is 15.9 Å². The molecule has 1 aromatic heterocycles. The normalized spacial score (nSPS) is 13.0. The molecular formula is C9H15N5O3S. The molecular weight excluding hydrogens is 258 g/mol. The van der Waals surface area contributed by atoms with Crippen molar-refractivity contribution in [1.82, 2.24) is 9.71 Å². The summed E-state index contributed by atoms with van der Waals surface area (Å²) in [6.07, 6.45) is 1.31. The Bertz CT molecular complexity index is 531. The van der Waals surface area contributed by atoms with E-state index in [0.717, 1.165) is 0 Å². The minimum Gasteiger partial charge on any atom is -0.370 e. The van der Waals surface area contributed by atoms with Crippen molar-refractivity contribution in [2.24, 2.45) is 11.6 Å². The highest BCUT2D eigenvalue weighted by atomic mass is 32.2. The number of hydrogen-bond donors (Lipinski definition) is 4. The van der Waals surface area contributed by atoms with Crippen molar-refractivity contribution in [2.45, 2.75) is 24.3 Å². The third-order valence-corrected chi connectivity index (χ3v) is 3.68. The van der Waals surface area contributed by atoms with E-state index in [4.69, 9.17) is 11.6 Å². The minimum atomic E-state index is -3.81. The van der Waals surface area contributed by atoms with Crippen LogP contribution < -0.4 is 21.7 Å². The van der Waals surface area contributed by atoms with Gasteiger partial charge in [0.25, 0.3) is 0 Å². The molecule has 100 valence electrons. The Morgan fingerprint density at radius 2 is 2.22 bits per heavy atom. The predicted octanol–water partition coefficient (Wildman–Crippen LogP) is -1.09. The van der Waals surface area contributed by atoms with Crippen LogP contribution in [0.2, 0.25) is 0 Å². The number of carbonyl (C=O) groups excluding carboxylic acids is 1. The lowest BCUT2D eigenvalue weighted by molar-refractivity contribution is -0.118. The molecule has 0 bridgehead atoms. The number of nitrogens with one attached hydrogen (secondary N) is 2. The third-order valence-electron chi connectivity index (χ3n) is 2.06. The second-order valence-corrected chi connectivity index (χ2v) is 5.37. The van der Waals surface area contributed by atoms with E-state index in [2.05, 4.69) is 15.1 Å². The van der Waals surface area contributed by atoms with Gasteiger partial charge in [0, 0.05) is 18.7 Å². The van der Waals surface area contributed by atoms with Crippen molar-refractivity contribution in [3.63, 3.8) is 0 Å². The van der Waals surface area contributed by atoms with Crippen LogP contribution in [-0.2, 0) is 14.8 Å². The topological polar surface area (TPSA) is 140 Å². The van der Waals surface area contributed by atoms with Gasteiger partial charge >= 0.3 is 0 Å². The van der Waals surface area contributed by atoms with Crippen LogP contribution in [0.1, 0.15) is 13.3 Å². The zero-order chi connectivity index (χ0) is 13.8.